The minimum absolute atomic E-state index is 0.356. The van der Waals surface area contributed by atoms with Crippen LogP contribution in [-0.2, 0) is 4.74 Å². The van der Waals surface area contributed by atoms with Crippen molar-refractivity contribution in [3.8, 4) is 11.4 Å². The van der Waals surface area contributed by atoms with Gasteiger partial charge in [-0.1, -0.05) is 0 Å². The summed E-state index contributed by atoms with van der Waals surface area (Å²) in [5.74, 6) is 0.768. The third-order valence-corrected chi connectivity index (χ3v) is 2.10. The highest BCUT2D eigenvalue weighted by Crippen LogP contribution is 2.15. The van der Waals surface area contributed by atoms with Crippen LogP contribution in [0.1, 0.15) is 20.8 Å². The van der Waals surface area contributed by atoms with Crippen molar-refractivity contribution in [1.29, 1.82) is 0 Å². The van der Waals surface area contributed by atoms with Crippen LogP contribution in [0.15, 0.2) is 24.7 Å². The standard InChI is InChI=1S/C12H15N5O2/c1-12(2,3)19-11(18)17-7-8(6-15-17)10-14-5-4-9(13)16-10/h4-7H,1-3H3,(H2,13,14,16). The molecule has 0 fully saturated rings. The van der Waals surface area contributed by atoms with E-state index >= 15 is 0 Å². The Kier molecular flexibility index (Phi) is 3.20. The van der Waals surface area contributed by atoms with Gasteiger partial charge in [0.15, 0.2) is 5.82 Å². The Labute approximate surface area is 110 Å². The fraction of sp³-hybridized carbons (Fsp3) is 0.333. The van der Waals surface area contributed by atoms with E-state index in [1.165, 1.54) is 12.4 Å². The van der Waals surface area contributed by atoms with Gasteiger partial charge in [0.25, 0.3) is 0 Å². The molecular weight excluding hydrogens is 246 g/mol. The van der Waals surface area contributed by atoms with Gasteiger partial charge in [0, 0.05) is 12.4 Å². The van der Waals surface area contributed by atoms with Crippen molar-refractivity contribution in [1.82, 2.24) is 19.7 Å². The predicted molar refractivity (Wildman–Crippen MR) is 69.3 cm³/mol. The largest absolute Gasteiger partial charge is 0.442 e. The summed E-state index contributed by atoms with van der Waals surface area (Å²) in [7, 11) is 0. The number of rotatable bonds is 1. The number of carbonyl (C=O) groups excluding carboxylic acids is 1. The lowest BCUT2D eigenvalue weighted by Gasteiger charge is -2.18. The topological polar surface area (TPSA) is 95.9 Å². The van der Waals surface area contributed by atoms with Gasteiger partial charge in [0.05, 0.1) is 11.8 Å². The Morgan fingerprint density at radius 2 is 2.16 bits per heavy atom. The minimum Gasteiger partial charge on any atom is -0.442 e. The molecule has 2 heterocycles. The van der Waals surface area contributed by atoms with Crippen molar-refractivity contribution < 1.29 is 9.53 Å². The normalized spacial score (nSPS) is 11.3. The maximum absolute atomic E-state index is 11.8. The van der Waals surface area contributed by atoms with E-state index in [-0.39, 0.29) is 0 Å². The molecule has 0 bridgehead atoms. The van der Waals surface area contributed by atoms with E-state index in [1.807, 2.05) is 0 Å². The van der Waals surface area contributed by atoms with Crippen molar-refractivity contribution in [2.24, 2.45) is 0 Å². The molecule has 2 aromatic rings. The molecule has 0 aromatic carbocycles. The maximum Gasteiger partial charge on any atom is 0.435 e. The van der Waals surface area contributed by atoms with Gasteiger partial charge in [0.1, 0.15) is 11.4 Å². The molecule has 19 heavy (non-hydrogen) atoms. The summed E-state index contributed by atoms with van der Waals surface area (Å²) in [6, 6.07) is 1.59. The molecule has 2 N–H and O–H groups in total. The summed E-state index contributed by atoms with van der Waals surface area (Å²) in [6.45, 7) is 5.36. The molecule has 0 radical (unpaired) electrons. The van der Waals surface area contributed by atoms with Crippen LogP contribution in [0.4, 0.5) is 10.6 Å². The first-order valence-corrected chi connectivity index (χ1v) is 5.72. The number of nitrogens with two attached hydrogens (primary N) is 1. The number of nitrogen functional groups attached to an aromatic ring is 1. The van der Waals surface area contributed by atoms with Gasteiger partial charge in [-0.25, -0.2) is 14.8 Å². The highest BCUT2D eigenvalue weighted by molar-refractivity contribution is 5.71. The molecule has 0 aliphatic carbocycles. The lowest BCUT2D eigenvalue weighted by Crippen LogP contribution is -2.27. The van der Waals surface area contributed by atoms with E-state index in [9.17, 15) is 4.79 Å². The van der Waals surface area contributed by atoms with Gasteiger partial charge >= 0.3 is 6.09 Å². The first-order valence-electron chi connectivity index (χ1n) is 5.72. The molecule has 0 saturated heterocycles. The second-order valence-corrected chi connectivity index (χ2v) is 4.96. The third kappa shape index (κ3) is 3.27. The summed E-state index contributed by atoms with van der Waals surface area (Å²) in [5.41, 5.74) is 5.60. The summed E-state index contributed by atoms with van der Waals surface area (Å²) in [4.78, 5) is 19.9. The first kappa shape index (κ1) is 13.0. The summed E-state index contributed by atoms with van der Waals surface area (Å²) in [6.07, 6.45) is 3.98. The second-order valence-electron chi connectivity index (χ2n) is 4.96. The monoisotopic (exact) mass is 261 g/mol. The molecule has 100 valence electrons. The molecule has 7 nitrogen and oxygen atoms in total. The Balaban J connectivity index is 2.22. The van der Waals surface area contributed by atoms with Crippen LogP contribution in [0.2, 0.25) is 0 Å². The Morgan fingerprint density at radius 3 is 2.79 bits per heavy atom. The highest BCUT2D eigenvalue weighted by atomic mass is 16.6. The number of nitrogens with zero attached hydrogens (tertiary/aromatic N) is 4. The van der Waals surface area contributed by atoms with Crippen LogP contribution >= 0.6 is 0 Å². The molecule has 0 spiro atoms. The summed E-state index contributed by atoms with van der Waals surface area (Å²) < 4.78 is 6.30. The van der Waals surface area contributed by atoms with Gasteiger partial charge in [-0.15, -0.1) is 0 Å². The number of carbonyl (C=O) groups is 1. The van der Waals surface area contributed by atoms with Gasteiger partial charge in [-0.05, 0) is 26.8 Å². The average Bonchev–Trinajstić information content (AvgIpc) is 2.75. The fourth-order valence-electron chi connectivity index (χ4n) is 1.36. The van der Waals surface area contributed by atoms with E-state index in [0.717, 1.165) is 4.68 Å². The Hall–Kier alpha value is -2.44. The zero-order valence-corrected chi connectivity index (χ0v) is 11.0. The van der Waals surface area contributed by atoms with Crippen molar-refractivity contribution >= 4 is 11.9 Å². The number of aromatic nitrogens is 4. The zero-order chi connectivity index (χ0) is 14.0. The molecule has 2 aromatic heterocycles. The lowest BCUT2D eigenvalue weighted by atomic mass is 10.2. The Bertz CT molecular complexity index is 600. The number of anilines is 1. The Morgan fingerprint density at radius 1 is 1.42 bits per heavy atom. The third-order valence-electron chi connectivity index (χ3n) is 2.10. The van der Waals surface area contributed by atoms with Crippen molar-refractivity contribution in [3.63, 3.8) is 0 Å². The highest BCUT2D eigenvalue weighted by Gasteiger charge is 2.19. The predicted octanol–water partition coefficient (Wildman–Crippen LogP) is 1.71. The van der Waals surface area contributed by atoms with Gasteiger partial charge in [0.2, 0.25) is 0 Å². The van der Waals surface area contributed by atoms with Crippen LogP contribution in [0.5, 0.6) is 0 Å². The summed E-state index contributed by atoms with van der Waals surface area (Å²) in [5, 5.41) is 3.93. The van der Waals surface area contributed by atoms with E-state index in [4.69, 9.17) is 10.5 Å². The molecule has 2 rings (SSSR count). The summed E-state index contributed by atoms with van der Waals surface area (Å²) >= 11 is 0. The van der Waals surface area contributed by atoms with Crippen LogP contribution in [0.25, 0.3) is 11.4 Å². The SMILES string of the molecule is CC(C)(C)OC(=O)n1cc(-c2nccc(N)n2)cn1. The molecule has 0 unspecified atom stereocenters. The van der Waals surface area contributed by atoms with Crippen molar-refractivity contribution in [3.05, 3.63) is 24.7 Å². The lowest BCUT2D eigenvalue weighted by molar-refractivity contribution is 0.0514. The molecule has 0 amide bonds. The fourth-order valence-corrected chi connectivity index (χ4v) is 1.36. The van der Waals surface area contributed by atoms with E-state index in [0.29, 0.717) is 17.2 Å². The van der Waals surface area contributed by atoms with Crippen molar-refractivity contribution in [2.45, 2.75) is 26.4 Å². The van der Waals surface area contributed by atoms with Gasteiger partial charge in [-0.3, -0.25) is 0 Å². The molecule has 0 saturated carbocycles. The molecular formula is C12H15N5O2. The van der Waals surface area contributed by atoms with Crippen molar-refractivity contribution in [2.75, 3.05) is 5.73 Å². The molecule has 0 aliphatic rings. The minimum atomic E-state index is -0.573. The number of ether oxygens (including phenoxy) is 1. The molecule has 0 atom stereocenters. The second kappa shape index (κ2) is 4.68. The van der Waals surface area contributed by atoms with Gasteiger partial charge in [-0.2, -0.15) is 9.78 Å². The number of hydrogen-bond donors (Lipinski definition) is 1. The van der Waals surface area contributed by atoms with Crippen LogP contribution in [-0.4, -0.2) is 31.4 Å². The van der Waals surface area contributed by atoms with Crippen LogP contribution in [0, 0.1) is 0 Å². The molecule has 0 aliphatic heterocycles. The van der Waals surface area contributed by atoms with E-state index < -0.39 is 11.7 Å². The van der Waals surface area contributed by atoms with E-state index in [2.05, 4.69) is 15.1 Å². The first-order chi connectivity index (χ1) is 8.85. The molecule has 7 heteroatoms. The quantitative estimate of drug-likeness (QED) is 0.839. The van der Waals surface area contributed by atoms with Gasteiger partial charge < -0.3 is 10.5 Å². The maximum atomic E-state index is 11.8. The smallest absolute Gasteiger partial charge is 0.435 e. The van der Waals surface area contributed by atoms with E-state index in [1.54, 1.807) is 33.0 Å². The zero-order valence-electron chi connectivity index (χ0n) is 11.0. The van der Waals surface area contributed by atoms with Crippen LogP contribution < -0.4 is 5.73 Å². The number of hydrogen-bond acceptors (Lipinski definition) is 6. The van der Waals surface area contributed by atoms with Crippen LogP contribution in [0.3, 0.4) is 0 Å². The average molecular weight is 261 g/mol.